The van der Waals surface area contributed by atoms with E-state index in [-0.39, 0.29) is 17.2 Å². The highest BCUT2D eigenvalue weighted by atomic mass is 16.1. The number of aryl methyl sites for hydroxylation is 2. The molecule has 158 valence electrons. The van der Waals surface area contributed by atoms with Gasteiger partial charge in [-0.25, -0.2) is 4.98 Å². The minimum atomic E-state index is -0.313. The van der Waals surface area contributed by atoms with E-state index in [1.807, 2.05) is 38.1 Å². The highest BCUT2D eigenvalue weighted by molar-refractivity contribution is 5.92. The summed E-state index contributed by atoms with van der Waals surface area (Å²) >= 11 is 0. The Hall–Kier alpha value is -3.54. The molecule has 0 radical (unpaired) electrons. The largest absolute Gasteiger partial charge is 0.347 e. The molecule has 0 fully saturated rings. The predicted molar refractivity (Wildman–Crippen MR) is 122 cm³/mol. The van der Waals surface area contributed by atoms with Crippen LogP contribution in [0.3, 0.4) is 0 Å². The van der Waals surface area contributed by atoms with E-state index >= 15 is 0 Å². The van der Waals surface area contributed by atoms with Gasteiger partial charge in [0.2, 0.25) is 0 Å². The maximum absolute atomic E-state index is 12.6. The molecule has 1 amide bonds. The van der Waals surface area contributed by atoms with Crippen molar-refractivity contribution in [2.75, 3.05) is 5.32 Å². The van der Waals surface area contributed by atoms with Gasteiger partial charge in [-0.2, -0.15) is 0 Å². The number of carbonyl (C=O) groups is 1. The zero-order chi connectivity index (χ0) is 22.2. The fraction of sp³-hybridized carbons (Fsp3) is 0.280. The van der Waals surface area contributed by atoms with Crippen LogP contribution in [-0.4, -0.2) is 20.9 Å². The third-order valence-electron chi connectivity index (χ3n) is 6.24. The van der Waals surface area contributed by atoms with Crippen molar-refractivity contribution in [3.05, 3.63) is 94.8 Å². The van der Waals surface area contributed by atoms with Crippen molar-refractivity contribution in [3.63, 3.8) is 0 Å². The van der Waals surface area contributed by atoms with Gasteiger partial charge in [0, 0.05) is 47.0 Å². The highest BCUT2D eigenvalue weighted by Crippen LogP contribution is 2.50. The second kappa shape index (κ2) is 7.95. The van der Waals surface area contributed by atoms with Crippen LogP contribution < -0.4 is 10.6 Å². The Bertz CT molecular complexity index is 1130. The van der Waals surface area contributed by atoms with E-state index in [4.69, 9.17) is 0 Å². The summed E-state index contributed by atoms with van der Waals surface area (Å²) in [6, 6.07) is 11.7. The molecule has 0 bridgehead atoms. The quantitative estimate of drug-likeness (QED) is 0.647. The van der Waals surface area contributed by atoms with Gasteiger partial charge in [0.25, 0.3) is 5.91 Å². The standard InChI is InChI=1S/C25H27N5O/c1-15-11-19(12-16(2)29-15)13-28-24(31)22-9-8-20(14-27-22)17(3)25(5)18(4)30-23-21(25)7-6-10-26-23/h6-12,14,17H,4,13H2,1-3,5H3,(H,26,30)(H,28,31). The number of anilines is 1. The lowest BCUT2D eigenvalue weighted by Crippen LogP contribution is -2.29. The molecule has 0 aliphatic carbocycles. The molecule has 1 aliphatic rings. The van der Waals surface area contributed by atoms with Crippen LogP contribution in [0.1, 0.15) is 58.3 Å². The van der Waals surface area contributed by atoms with Gasteiger partial charge < -0.3 is 10.6 Å². The van der Waals surface area contributed by atoms with Crippen molar-refractivity contribution in [3.8, 4) is 0 Å². The molecule has 2 unspecified atom stereocenters. The second-order valence-electron chi connectivity index (χ2n) is 8.34. The van der Waals surface area contributed by atoms with Crippen molar-refractivity contribution < 1.29 is 4.79 Å². The molecule has 0 aromatic carbocycles. The summed E-state index contributed by atoms with van der Waals surface area (Å²) in [6.07, 6.45) is 3.56. The number of allylic oxidation sites excluding steroid dienone is 1. The van der Waals surface area contributed by atoms with E-state index < -0.39 is 0 Å². The van der Waals surface area contributed by atoms with Crippen LogP contribution in [0.5, 0.6) is 0 Å². The van der Waals surface area contributed by atoms with Crippen LogP contribution in [0.15, 0.2) is 61.1 Å². The molecular formula is C25H27N5O. The summed E-state index contributed by atoms with van der Waals surface area (Å²) in [5.41, 5.74) is 6.06. The zero-order valence-electron chi connectivity index (χ0n) is 18.4. The molecule has 4 heterocycles. The average Bonchev–Trinajstić information content (AvgIpc) is 3.02. The molecule has 6 nitrogen and oxygen atoms in total. The Labute approximate surface area is 182 Å². The number of aromatic nitrogens is 3. The Morgan fingerprint density at radius 3 is 2.61 bits per heavy atom. The number of nitrogens with one attached hydrogen (secondary N) is 2. The molecular weight excluding hydrogens is 386 g/mol. The number of fused-ring (bicyclic) bond motifs is 1. The SMILES string of the molecule is C=C1Nc2ncccc2C1(C)C(C)c1ccc(C(=O)NCc2cc(C)nc(C)c2)nc1. The van der Waals surface area contributed by atoms with Crippen molar-refractivity contribution in [2.45, 2.75) is 45.6 Å². The first-order valence-corrected chi connectivity index (χ1v) is 10.4. The Morgan fingerprint density at radius 2 is 1.94 bits per heavy atom. The highest BCUT2D eigenvalue weighted by Gasteiger charge is 2.43. The molecule has 0 spiro atoms. The van der Waals surface area contributed by atoms with E-state index in [1.54, 1.807) is 18.5 Å². The average molecular weight is 414 g/mol. The smallest absolute Gasteiger partial charge is 0.270 e. The molecule has 2 N–H and O–H groups in total. The number of amides is 1. The van der Waals surface area contributed by atoms with Crippen LogP contribution in [0, 0.1) is 13.8 Å². The lowest BCUT2D eigenvalue weighted by molar-refractivity contribution is 0.0946. The molecule has 1 aliphatic heterocycles. The second-order valence-corrected chi connectivity index (χ2v) is 8.34. The van der Waals surface area contributed by atoms with Crippen molar-refractivity contribution in [1.82, 2.24) is 20.3 Å². The summed E-state index contributed by atoms with van der Waals surface area (Å²) in [7, 11) is 0. The number of hydrogen-bond donors (Lipinski definition) is 2. The first-order valence-electron chi connectivity index (χ1n) is 10.4. The monoisotopic (exact) mass is 413 g/mol. The van der Waals surface area contributed by atoms with Gasteiger partial charge in [-0.05, 0) is 62.1 Å². The van der Waals surface area contributed by atoms with Gasteiger partial charge in [0.05, 0.1) is 0 Å². The van der Waals surface area contributed by atoms with Gasteiger partial charge >= 0.3 is 0 Å². The molecule has 3 aromatic rings. The van der Waals surface area contributed by atoms with Crippen molar-refractivity contribution in [1.29, 1.82) is 0 Å². The molecule has 4 rings (SSSR count). The third kappa shape index (κ3) is 3.81. The number of nitrogens with zero attached hydrogens (tertiary/aromatic N) is 3. The van der Waals surface area contributed by atoms with E-state index in [9.17, 15) is 4.79 Å². The first-order chi connectivity index (χ1) is 14.8. The summed E-state index contributed by atoms with van der Waals surface area (Å²) in [5, 5.41) is 6.25. The molecule has 31 heavy (non-hydrogen) atoms. The molecule has 2 atom stereocenters. The minimum absolute atomic E-state index is 0.102. The zero-order valence-corrected chi connectivity index (χ0v) is 18.4. The summed E-state index contributed by atoms with van der Waals surface area (Å²) < 4.78 is 0. The van der Waals surface area contributed by atoms with E-state index in [2.05, 4.69) is 52.1 Å². The molecule has 0 saturated heterocycles. The fourth-order valence-electron chi connectivity index (χ4n) is 4.28. The summed E-state index contributed by atoms with van der Waals surface area (Å²) in [5.74, 6) is 0.761. The van der Waals surface area contributed by atoms with Crippen molar-refractivity contribution >= 4 is 11.7 Å². The Balaban J connectivity index is 1.49. The lowest BCUT2D eigenvalue weighted by atomic mass is 9.70. The van der Waals surface area contributed by atoms with Crippen LogP contribution in [0.25, 0.3) is 0 Å². The van der Waals surface area contributed by atoms with Gasteiger partial charge in [-0.1, -0.05) is 25.6 Å². The van der Waals surface area contributed by atoms with Gasteiger partial charge in [-0.15, -0.1) is 0 Å². The first kappa shape index (κ1) is 20.7. The maximum Gasteiger partial charge on any atom is 0.270 e. The minimum Gasteiger partial charge on any atom is -0.347 e. The maximum atomic E-state index is 12.6. The number of pyridine rings is 3. The Kier molecular flexibility index (Phi) is 5.31. The van der Waals surface area contributed by atoms with Crippen LogP contribution in [0.2, 0.25) is 0 Å². The predicted octanol–water partition coefficient (Wildman–Crippen LogP) is 4.42. The molecule has 6 heteroatoms. The van der Waals surface area contributed by atoms with Crippen LogP contribution in [-0.2, 0) is 12.0 Å². The summed E-state index contributed by atoms with van der Waals surface area (Å²) in [6.45, 7) is 12.9. The summed E-state index contributed by atoms with van der Waals surface area (Å²) in [4.78, 5) is 25.8. The topological polar surface area (TPSA) is 79.8 Å². The van der Waals surface area contributed by atoms with Gasteiger partial charge in [-0.3, -0.25) is 14.8 Å². The van der Waals surface area contributed by atoms with Gasteiger partial charge in [0.15, 0.2) is 0 Å². The van der Waals surface area contributed by atoms with E-state index in [1.165, 1.54) is 0 Å². The van der Waals surface area contributed by atoms with E-state index in [0.29, 0.717) is 12.2 Å². The molecule has 3 aromatic heterocycles. The van der Waals surface area contributed by atoms with E-state index in [0.717, 1.165) is 39.6 Å². The normalized spacial score (nSPS) is 18.3. The number of rotatable bonds is 5. The molecule has 0 saturated carbocycles. The van der Waals surface area contributed by atoms with Crippen LogP contribution >= 0.6 is 0 Å². The van der Waals surface area contributed by atoms with Crippen LogP contribution in [0.4, 0.5) is 5.82 Å². The third-order valence-corrected chi connectivity index (χ3v) is 6.24. The lowest BCUT2D eigenvalue weighted by Gasteiger charge is -2.33. The Morgan fingerprint density at radius 1 is 1.19 bits per heavy atom. The number of hydrogen-bond acceptors (Lipinski definition) is 5. The fourth-order valence-corrected chi connectivity index (χ4v) is 4.28. The number of carbonyl (C=O) groups excluding carboxylic acids is 1. The van der Waals surface area contributed by atoms with Crippen molar-refractivity contribution in [2.24, 2.45) is 0 Å². The van der Waals surface area contributed by atoms with Gasteiger partial charge in [0.1, 0.15) is 11.5 Å².